The molecule has 0 saturated heterocycles. The number of carboxylic acids is 2. The van der Waals surface area contributed by atoms with E-state index in [-0.39, 0.29) is 49.6 Å². The lowest BCUT2D eigenvalue weighted by molar-refractivity contribution is -0.143. The summed E-state index contributed by atoms with van der Waals surface area (Å²) in [6, 6.07) is 23.2. The molecule has 0 fully saturated rings. The average Bonchev–Trinajstić information content (AvgIpc) is 3.36. The quantitative estimate of drug-likeness (QED) is 0.0350. The number of hydrogen-bond acceptors (Lipinski definition) is 14. The van der Waals surface area contributed by atoms with Gasteiger partial charge in [0.2, 0.25) is 0 Å². The Bertz CT molecular complexity index is 2740. The monoisotopic (exact) mass is 1020 g/mol. The van der Waals surface area contributed by atoms with Gasteiger partial charge in [-0.1, -0.05) is 73.4 Å². The van der Waals surface area contributed by atoms with Crippen LogP contribution in [0.25, 0.3) is 11.1 Å². The molecule has 0 saturated carbocycles. The predicted octanol–water partition coefficient (Wildman–Crippen LogP) is 9.00. The van der Waals surface area contributed by atoms with Crippen molar-refractivity contribution in [1.29, 1.82) is 10.5 Å². The largest absolute Gasteiger partial charge is 0.488 e. The molecule has 0 radical (unpaired) electrons. The Morgan fingerprint density at radius 1 is 0.583 bits per heavy atom. The molecule has 0 aliphatic rings. The molecule has 6 rings (SSSR count). The molecule has 2 aromatic heterocycles. The SMILES string of the molecule is CC.Cc1c(COc2cc(OCc3cncc(C#N)c3)c(CNC(C(=O)O)C(C)O)cc2Cl)cccc1-c1cccc(COc2cc(OCc3cncc(C#N)c3)c(CNC(C(=O)O)C(C)O)cc2Cl)c1C. The van der Waals surface area contributed by atoms with Gasteiger partial charge in [0.1, 0.15) is 73.6 Å². The molecule has 4 aromatic carbocycles. The van der Waals surface area contributed by atoms with Crippen LogP contribution in [-0.2, 0) is 49.1 Å². The van der Waals surface area contributed by atoms with Gasteiger partial charge in [0.15, 0.2) is 0 Å². The first-order chi connectivity index (χ1) is 34.6. The Balaban J connectivity index is 0.00000475. The van der Waals surface area contributed by atoms with Gasteiger partial charge in [0.05, 0.1) is 33.4 Å². The van der Waals surface area contributed by atoms with Gasteiger partial charge in [-0.2, -0.15) is 10.5 Å². The zero-order valence-corrected chi connectivity index (χ0v) is 42.1. The number of nitrogens with zero attached hydrogens (tertiary/aromatic N) is 4. The number of carbonyl (C=O) groups is 2. The lowest BCUT2D eigenvalue weighted by Gasteiger charge is -2.20. The number of pyridine rings is 2. The third kappa shape index (κ3) is 14.9. The Labute approximate surface area is 428 Å². The first kappa shape index (κ1) is 55.6. The van der Waals surface area contributed by atoms with Crippen molar-refractivity contribution < 1.29 is 49.0 Å². The third-order valence-corrected chi connectivity index (χ3v) is 11.9. The number of rotatable bonds is 23. The standard InChI is InChI=1S/C52H50Cl2N6O10.C2H6/c1-29-37(27-69-47-15-45(67-25-35-11-33(17-55)19-57-21-35)39(13-43(47)53)23-59-49(31(3)61)51(63)64)7-5-9-41(29)42-10-6-8-38(30(42)2)28-70-48-16-46(68-26-36-12-34(18-56)20-58-22-36)40(14-44(48)54)24-60-50(32(4)62)52(65)66;1-2/h5-16,19-22,31-32,49-50,59-62H,23-28H2,1-4H3,(H,63,64)(H,65,66);1-2H3. The van der Waals surface area contributed by atoms with Gasteiger partial charge < -0.3 is 39.4 Å². The van der Waals surface area contributed by atoms with Gasteiger partial charge in [0.25, 0.3) is 0 Å². The number of nitriles is 2. The number of ether oxygens (including phenoxy) is 4. The van der Waals surface area contributed by atoms with E-state index in [4.69, 9.17) is 42.1 Å². The fourth-order valence-electron chi connectivity index (χ4n) is 7.44. The molecule has 72 heavy (non-hydrogen) atoms. The molecule has 2 heterocycles. The molecule has 0 aliphatic heterocycles. The third-order valence-electron chi connectivity index (χ3n) is 11.3. The molecule has 6 N–H and O–H groups in total. The highest BCUT2D eigenvalue weighted by molar-refractivity contribution is 6.32. The number of aliphatic carboxylic acids is 2. The lowest BCUT2D eigenvalue weighted by Crippen LogP contribution is -2.44. The maximum atomic E-state index is 11.8. The fraction of sp³-hybridized carbons (Fsp3) is 0.296. The molecule has 16 nitrogen and oxygen atoms in total. The summed E-state index contributed by atoms with van der Waals surface area (Å²) in [5, 5.41) is 64.3. The number of nitrogens with one attached hydrogen (secondary N) is 2. The summed E-state index contributed by atoms with van der Waals surface area (Å²) in [6.45, 7) is 11.0. The van der Waals surface area contributed by atoms with Crippen LogP contribution in [0.1, 0.15) is 83.3 Å². The first-order valence-electron chi connectivity index (χ1n) is 22.9. The van der Waals surface area contributed by atoms with Crippen molar-refractivity contribution in [2.45, 2.75) is 105 Å². The minimum absolute atomic E-state index is 0.00858. The molecular formula is C54H56Cl2N6O10. The molecule has 376 valence electrons. The molecule has 18 heteroatoms. The van der Waals surface area contributed by atoms with Crippen molar-refractivity contribution in [1.82, 2.24) is 20.6 Å². The van der Waals surface area contributed by atoms with Gasteiger partial charge in [-0.05, 0) is 85.3 Å². The van der Waals surface area contributed by atoms with Crippen LogP contribution in [0.15, 0.2) is 97.6 Å². The number of hydrogen-bond donors (Lipinski definition) is 6. The van der Waals surface area contributed by atoms with E-state index < -0.39 is 36.2 Å². The molecule has 0 spiro atoms. The smallest absolute Gasteiger partial charge is 0.323 e. The van der Waals surface area contributed by atoms with E-state index in [0.717, 1.165) is 33.4 Å². The van der Waals surface area contributed by atoms with Crippen LogP contribution >= 0.6 is 23.2 Å². The number of halogens is 2. The zero-order chi connectivity index (χ0) is 52.5. The second kappa shape index (κ2) is 26.8. The normalized spacial score (nSPS) is 12.4. The summed E-state index contributed by atoms with van der Waals surface area (Å²) in [7, 11) is 0. The van der Waals surface area contributed by atoms with Gasteiger partial charge in [-0.15, -0.1) is 0 Å². The van der Waals surface area contributed by atoms with Crippen LogP contribution in [0.3, 0.4) is 0 Å². The molecule has 6 aromatic rings. The Morgan fingerprint density at radius 3 is 1.31 bits per heavy atom. The van der Waals surface area contributed by atoms with E-state index in [1.54, 1.807) is 48.8 Å². The molecule has 0 aliphatic carbocycles. The average molecular weight is 1020 g/mol. The van der Waals surface area contributed by atoms with Gasteiger partial charge in [-0.25, -0.2) is 0 Å². The van der Waals surface area contributed by atoms with Crippen molar-refractivity contribution in [3.8, 4) is 46.3 Å². The summed E-state index contributed by atoms with van der Waals surface area (Å²) in [5.41, 5.74) is 8.54. The molecular weight excluding hydrogens is 964 g/mol. The molecule has 4 atom stereocenters. The van der Waals surface area contributed by atoms with E-state index in [2.05, 4.69) is 32.7 Å². The van der Waals surface area contributed by atoms with Crippen LogP contribution in [0, 0.1) is 36.5 Å². The number of aliphatic hydroxyl groups is 2. The van der Waals surface area contributed by atoms with Crippen LogP contribution in [-0.4, -0.2) is 66.6 Å². The fourth-order valence-corrected chi connectivity index (χ4v) is 7.92. The lowest BCUT2D eigenvalue weighted by atomic mass is 9.92. The molecule has 4 unspecified atom stereocenters. The van der Waals surface area contributed by atoms with E-state index in [0.29, 0.717) is 56.4 Å². The van der Waals surface area contributed by atoms with Gasteiger partial charge in [-0.3, -0.25) is 30.2 Å². The summed E-state index contributed by atoms with van der Waals surface area (Å²) >= 11 is 13.6. The Kier molecular flexibility index (Phi) is 20.7. The number of benzene rings is 4. The highest BCUT2D eigenvalue weighted by Crippen LogP contribution is 2.37. The van der Waals surface area contributed by atoms with Gasteiger partial charge in [0, 0.05) is 72.3 Å². The second-order valence-electron chi connectivity index (χ2n) is 16.4. The van der Waals surface area contributed by atoms with Crippen molar-refractivity contribution in [2.24, 2.45) is 0 Å². The highest BCUT2D eigenvalue weighted by Gasteiger charge is 2.25. The van der Waals surface area contributed by atoms with E-state index in [9.17, 15) is 40.5 Å². The zero-order valence-electron chi connectivity index (χ0n) is 40.6. The van der Waals surface area contributed by atoms with E-state index in [1.165, 1.54) is 26.2 Å². The summed E-state index contributed by atoms with van der Waals surface area (Å²) < 4.78 is 25.0. The highest BCUT2D eigenvalue weighted by atomic mass is 35.5. The maximum Gasteiger partial charge on any atom is 0.323 e. The Hall–Kier alpha value is -7.28. The number of carboxylic acid groups (broad SMARTS) is 2. The number of aromatic nitrogens is 2. The molecule has 0 bridgehead atoms. The van der Waals surface area contributed by atoms with E-state index >= 15 is 0 Å². The van der Waals surface area contributed by atoms with Gasteiger partial charge >= 0.3 is 11.9 Å². The van der Waals surface area contributed by atoms with Crippen molar-refractivity contribution in [2.75, 3.05) is 0 Å². The summed E-state index contributed by atoms with van der Waals surface area (Å²) in [5.74, 6) is -1.16. The number of aliphatic hydroxyl groups excluding tert-OH is 2. The topological polar surface area (TPSA) is 249 Å². The van der Waals surface area contributed by atoms with Crippen LogP contribution < -0.4 is 29.6 Å². The minimum atomic E-state index is -1.25. The second-order valence-corrected chi connectivity index (χ2v) is 17.2. The predicted molar refractivity (Wildman–Crippen MR) is 271 cm³/mol. The van der Waals surface area contributed by atoms with Crippen molar-refractivity contribution >= 4 is 35.1 Å². The van der Waals surface area contributed by atoms with Crippen LogP contribution in [0.2, 0.25) is 10.0 Å². The minimum Gasteiger partial charge on any atom is -0.488 e. The van der Waals surface area contributed by atoms with Crippen LogP contribution in [0.5, 0.6) is 23.0 Å². The maximum absolute atomic E-state index is 11.8. The summed E-state index contributed by atoms with van der Waals surface area (Å²) in [4.78, 5) is 31.8. The first-order valence-corrected chi connectivity index (χ1v) is 23.6. The van der Waals surface area contributed by atoms with E-state index in [1.807, 2.05) is 64.1 Å². The van der Waals surface area contributed by atoms with Crippen molar-refractivity contribution in [3.05, 3.63) is 163 Å². The summed E-state index contributed by atoms with van der Waals surface area (Å²) in [6.07, 6.45) is 3.66. The van der Waals surface area contributed by atoms with Crippen molar-refractivity contribution in [3.63, 3.8) is 0 Å². The van der Waals surface area contributed by atoms with Crippen LogP contribution in [0.4, 0.5) is 0 Å². The Morgan fingerprint density at radius 2 is 0.958 bits per heavy atom. The molecule has 0 amide bonds.